The molecule has 1 saturated heterocycles. The third-order valence-electron chi connectivity index (χ3n) is 4.17. The van der Waals surface area contributed by atoms with Crippen LogP contribution in [0.5, 0.6) is 0 Å². The van der Waals surface area contributed by atoms with Gasteiger partial charge >= 0.3 is 0 Å². The number of nitrogens with two attached hydrogens (primary N) is 1. The number of piperidine rings is 1. The summed E-state index contributed by atoms with van der Waals surface area (Å²) in [5.41, 5.74) is 5.97. The van der Waals surface area contributed by atoms with E-state index in [0.717, 1.165) is 31.4 Å². The molecule has 4 N–H and O–H groups in total. The van der Waals surface area contributed by atoms with Crippen molar-refractivity contribution in [3.05, 3.63) is 40.4 Å². The minimum Gasteiger partial charge on any atom is -0.369 e. The minimum atomic E-state index is -0.203. The average Bonchev–Trinajstić information content (AvgIpc) is 2.48. The molecule has 1 aromatic heterocycles. The smallest absolute Gasteiger partial charge is 0.258 e. The molecule has 1 aromatic carbocycles. The highest BCUT2D eigenvalue weighted by Crippen LogP contribution is 2.09. The van der Waals surface area contributed by atoms with Crippen molar-refractivity contribution >= 4 is 16.8 Å². The molecule has 0 atom stereocenters. The minimum absolute atomic E-state index is 0.00244. The number of carbonyl (C=O) groups excluding carboxylic acids is 1. The Morgan fingerprint density at radius 3 is 2.76 bits per heavy atom. The second-order valence-corrected chi connectivity index (χ2v) is 5.63. The summed E-state index contributed by atoms with van der Waals surface area (Å²) in [4.78, 5) is 31.9. The van der Waals surface area contributed by atoms with Crippen LogP contribution in [-0.4, -0.2) is 29.0 Å². The normalized spacial score (nSPS) is 22.3. The molecule has 1 fully saturated rings. The van der Waals surface area contributed by atoms with Gasteiger partial charge in [0, 0.05) is 18.8 Å². The molecule has 6 nitrogen and oxygen atoms in total. The molecule has 0 bridgehead atoms. The van der Waals surface area contributed by atoms with Gasteiger partial charge in [-0.25, -0.2) is 4.98 Å². The van der Waals surface area contributed by atoms with Gasteiger partial charge in [0.25, 0.3) is 5.56 Å². The van der Waals surface area contributed by atoms with Crippen molar-refractivity contribution in [2.45, 2.75) is 19.4 Å². The monoisotopic (exact) mass is 287 g/mol. The number of quaternary nitrogens is 1. The molecule has 0 radical (unpaired) electrons. The Balaban J connectivity index is 1.74. The third-order valence-corrected chi connectivity index (χ3v) is 4.17. The lowest BCUT2D eigenvalue weighted by molar-refractivity contribution is -0.920. The number of amides is 1. The zero-order chi connectivity index (χ0) is 14.8. The lowest BCUT2D eigenvalue weighted by Gasteiger charge is -2.27. The Labute approximate surface area is 122 Å². The molecule has 2 aromatic rings. The van der Waals surface area contributed by atoms with Gasteiger partial charge in [0.05, 0.1) is 24.0 Å². The topological polar surface area (TPSA) is 93.3 Å². The number of benzene rings is 1. The van der Waals surface area contributed by atoms with Gasteiger partial charge in [-0.3, -0.25) is 9.59 Å². The largest absolute Gasteiger partial charge is 0.369 e. The summed E-state index contributed by atoms with van der Waals surface area (Å²) in [6.45, 7) is 2.43. The van der Waals surface area contributed by atoms with Crippen molar-refractivity contribution in [3.8, 4) is 0 Å². The second kappa shape index (κ2) is 5.65. The maximum absolute atomic E-state index is 12.0. The van der Waals surface area contributed by atoms with Crippen LogP contribution in [0.4, 0.5) is 0 Å². The van der Waals surface area contributed by atoms with E-state index in [4.69, 9.17) is 5.73 Å². The number of nitrogens with zero attached hydrogens (tertiary/aromatic N) is 1. The maximum atomic E-state index is 12.0. The van der Waals surface area contributed by atoms with E-state index in [9.17, 15) is 9.59 Å². The highest BCUT2D eigenvalue weighted by atomic mass is 16.1. The van der Waals surface area contributed by atoms with Gasteiger partial charge in [-0.05, 0) is 12.1 Å². The zero-order valence-corrected chi connectivity index (χ0v) is 11.8. The molecule has 21 heavy (non-hydrogen) atoms. The van der Waals surface area contributed by atoms with E-state index in [1.807, 2.05) is 18.2 Å². The number of para-hydroxylation sites is 1. The fourth-order valence-electron chi connectivity index (χ4n) is 2.94. The highest BCUT2D eigenvalue weighted by molar-refractivity contribution is 5.77. The van der Waals surface area contributed by atoms with Crippen LogP contribution in [0, 0.1) is 5.92 Å². The quantitative estimate of drug-likeness (QED) is 0.690. The predicted molar refractivity (Wildman–Crippen MR) is 78.7 cm³/mol. The summed E-state index contributed by atoms with van der Waals surface area (Å²) in [5.74, 6) is 0.495. The number of hydrogen-bond donors (Lipinski definition) is 3. The lowest BCUT2D eigenvalue weighted by Crippen LogP contribution is -3.12. The Kier molecular flexibility index (Phi) is 3.70. The number of carbonyl (C=O) groups is 1. The first-order valence-corrected chi connectivity index (χ1v) is 7.24. The average molecular weight is 287 g/mol. The molecular formula is C15H19N4O2+. The molecule has 110 valence electrons. The van der Waals surface area contributed by atoms with Crippen molar-refractivity contribution in [2.75, 3.05) is 13.1 Å². The van der Waals surface area contributed by atoms with Gasteiger partial charge in [0.1, 0.15) is 6.54 Å². The number of nitrogens with one attached hydrogen (secondary N) is 2. The number of rotatable bonds is 3. The van der Waals surface area contributed by atoms with Crippen molar-refractivity contribution in [1.82, 2.24) is 9.97 Å². The number of hydrogen-bond acceptors (Lipinski definition) is 3. The van der Waals surface area contributed by atoms with Crippen molar-refractivity contribution in [1.29, 1.82) is 0 Å². The molecule has 0 aliphatic carbocycles. The first-order chi connectivity index (χ1) is 10.1. The van der Waals surface area contributed by atoms with Gasteiger partial charge in [0.2, 0.25) is 5.91 Å². The molecule has 3 rings (SSSR count). The first-order valence-electron chi connectivity index (χ1n) is 7.24. The van der Waals surface area contributed by atoms with Crippen LogP contribution in [0.1, 0.15) is 18.7 Å². The van der Waals surface area contributed by atoms with Gasteiger partial charge in [-0.1, -0.05) is 12.1 Å². The van der Waals surface area contributed by atoms with Gasteiger partial charge in [0.15, 0.2) is 5.82 Å². The van der Waals surface area contributed by atoms with Crippen molar-refractivity contribution < 1.29 is 9.69 Å². The summed E-state index contributed by atoms with van der Waals surface area (Å²) in [6.07, 6.45) is 1.62. The summed E-state index contributed by atoms with van der Waals surface area (Å²) in [6, 6.07) is 7.33. The van der Waals surface area contributed by atoms with E-state index in [0.29, 0.717) is 17.8 Å². The molecule has 6 heteroatoms. The number of fused-ring (bicyclic) bond motifs is 1. The van der Waals surface area contributed by atoms with E-state index < -0.39 is 0 Å². The SMILES string of the molecule is NC(=O)C1CC[NH+](Cc2nc3ccccc3c(=O)[nH]2)CC1. The van der Waals surface area contributed by atoms with E-state index in [1.54, 1.807) is 6.07 Å². The molecular weight excluding hydrogens is 268 g/mol. The number of primary amides is 1. The number of H-pyrrole nitrogens is 1. The Morgan fingerprint density at radius 2 is 2.05 bits per heavy atom. The Morgan fingerprint density at radius 1 is 1.33 bits per heavy atom. The van der Waals surface area contributed by atoms with Crippen LogP contribution < -0.4 is 16.2 Å². The number of aromatic amines is 1. The summed E-state index contributed by atoms with van der Waals surface area (Å²) in [5, 5.41) is 0.615. The van der Waals surface area contributed by atoms with Gasteiger partial charge in [-0.15, -0.1) is 0 Å². The maximum Gasteiger partial charge on any atom is 0.258 e. The molecule has 1 amide bonds. The molecule has 0 spiro atoms. The van der Waals surface area contributed by atoms with Crippen LogP contribution in [0.25, 0.3) is 10.9 Å². The summed E-state index contributed by atoms with van der Waals surface area (Å²) < 4.78 is 0. The van der Waals surface area contributed by atoms with Gasteiger partial charge in [-0.2, -0.15) is 0 Å². The van der Waals surface area contributed by atoms with Crippen LogP contribution in [-0.2, 0) is 11.3 Å². The first kappa shape index (κ1) is 13.8. The van der Waals surface area contributed by atoms with Crippen LogP contribution in [0.15, 0.2) is 29.1 Å². The Bertz CT molecular complexity index is 717. The van der Waals surface area contributed by atoms with E-state index >= 15 is 0 Å². The van der Waals surface area contributed by atoms with Gasteiger partial charge < -0.3 is 15.6 Å². The molecule has 2 heterocycles. The molecule has 0 saturated carbocycles. The fraction of sp³-hybridized carbons (Fsp3) is 0.400. The number of aromatic nitrogens is 2. The highest BCUT2D eigenvalue weighted by Gasteiger charge is 2.26. The molecule has 1 aliphatic heterocycles. The summed E-state index contributed by atoms with van der Waals surface area (Å²) >= 11 is 0. The lowest BCUT2D eigenvalue weighted by atomic mass is 9.96. The van der Waals surface area contributed by atoms with Crippen LogP contribution >= 0.6 is 0 Å². The predicted octanol–water partition coefficient (Wildman–Crippen LogP) is -0.797. The van der Waals surface area contributed by atoms with Crippen LogP contribution in [0.2, 0.25) is 0 Å². The van der Waals surface area contributed by atoms with E-state index in [1.165, 1.54) is 4.90 Å². The number of likely N-dealkylation sites (tertiary alicyclic amines) is 1. The molecule has 0 unspecified atom stereocenters. The molecule has 1 aliphatic rings. The van der Waals surface area contributed by atoms with E-state index in [2.05, 4.69) is 9.97 Å². The van der Waals surface area contributed by atoms with Crippen LogP contribution in [0.3, 0.4) is 0 Å². The third kappa shape index (κ3) is 2.95. The van der Waals surface area contributed by atoms with E-state index in [-0.39, 0.29) is 17.4 Å². The summed E-state index contributed by atoms with van der Waals surface area (Å²) in [7, 11) is 0. The second-order valence-electron chi connectivity index (χ2n) is 5.63. The fourth-order valence-corrected chi connectivity index (χ4v) is 2.94. The van der Waals surface area contributed by atoms with Crippen molar-refractivity contribution in [2.24, 2.45) is 11.7 Å². The standard InChI is InChI=1S/C15H18N4O2/c16-14(20)10-5-7-19(8-6-10)9-13-17-12-4-2-1-3-11(12)15(21)18-13/h1-4,10H,5-9H2,(H2,16,20)(H,17,18,21)/p+1. The Hall–Kier alpha value is -2.21. The van der Waals surface area contributed by atoms with Crippen molar-refractivity contribution in [3.63, 3.8) is 0 Å². The zero-order valence-electron chi connectivity index (χ0n) is 11.8.